The predicted octanol–water partition coefficient (Wildman–Crippen LogP) is 12.7. The molecule has 0 aromatic rings. The predicted molar refractivity (Wildman–Crippen MR) is 241 cm³/mol. The summed E-state index contributed by atoms with van der Waals surface area (Å²) in [4.78, 5) is 0. The van der Waals surface area contributed by atoms with Gasteiger partial charge in [0.25, 0.3) is 0 Å². The number of fused-ring (bicyclic) bond motifs is 10. The summed E-state index contributed by atoms with van der Waals surface area (Å²) in [6.07, 6.45) is 28.6. The molecule has 0 amide bonds. The summed E-state index contributed by atoms with van der Waals surface area (Å²) in [5, 5.41) is 41.7. The molecule has 0 radical (unpaired) electrons. The molecule has 6 saturated carbocycles. The van der Waals surface area contributed by atoms with Gasteiger partial charge in [-0.25, -0.2) is 0 Å². The van der Waals surface area contributed by atoms with Gasteiger partial charge in [0, 0.05) is 0 Å². The molecule has 0 heterocycles. The van der Waals surface area contributed by atoms with E-state index >= 15 is 0 Å². The third-order valence-corrected chi connectivity index (χ3v) is 21.0. The van der Waals surface area contributed by atoms with Crippen LogP contribution in [0.25, 0.3) is 0 Å². The molecular formula is C54H92O4. The van der Waals surface area contributed by atoms with Gasteiger partial charge >= 0.3 is 0 Å². The lowest BCUT2D eigenvalue weighted by molar-refractivity contribution is -0.0681. The Bertz CT molecular complexity index is 1460. The Kier molecular flexibility index (Phi) is 13.7. The Hall–Kier alpha value is -0.680. The normalized spacial score (nSPS) is 46.5. The van der Waals surface area contributed by atoms with Crippen LogP contribution in [0.3, 0.4) is 0 Å². The van der Waals surface area contributed by atoms with Crippen LogP contribution >= 0.6 is 0 Å². The van der Waals surface area contributed by atoms with Gasteiger partial charge in [0.05, 0.1) is 24.4 Å². The summed E-state index contributed by atoms with van der Waals surface area (Å²) >= 11 is 0. The standard InChI is InChI=1S/2C27H46O2/c1-17(2)25(29)11-6-18(3)22-9-10-23-21-8-7-19-16-20(28)12-14-26(19,4)24(21)13-15-27(22,23)5;1-17(2)6-11-25(29)18(3)22-9-10-23-21-8-7-19-16-20(28)12-14-26(19,4)24(21)13-15-27(22,23)5/h2*7,17-18,20-25,28-29H,6,8-16H2,1-5H3/t18-,20+,21?,22-,23+,24+,25+,26+,27-;18-,20-,21?,22+,23-,24-,25+,26-,27+/m10/s1. The highest BCUT2D eigenvalue weighted by molar-refractivity contribution is 5.27. The average molecular weight is 805 g/mol. The Morgan fingerprint density at radius 2 is 1.00 bits per heavy atom. The van der Waals surface area contributed by atoms with Gasteiger partial charge in [-0.05, 0) is 221 Å². The van der Waals surface area contributed by atoms with Crippen LogP contribution in [0.2, 0.25) is 0 Å². The minimum Gasteiger partial charge on any atom is -0.393 e. The van der Waals surface area contributed by atoms with E-state index in [2.05, 4.69) is 81.4 Å². The zero-order valence-electron chi connectivity index (χ0n) is 39.3. The minimum absolute atomic E-state index is 0.0994. The van der Waals surface area contributed by atoms with E-state index in [1.54, 1.807) is 11.1 Å². The molecule has 58 heavy (non-hydrogen) atoms. The van der Waals surface area contributed by atoms with E-state index in [-0.39, 0.29) is 24.4 Å². The van der Waals surface area contributed by atoms with Crippen molar-refractivity contribution in [3.63, 3.8) is 0 Å². The second kappa shape index (κ2) is 17.5. The largest absolute Gasteiger partial charge is 0.393 e. The Labute approximate surface area is 357 Å². The number of hydrogen-bond acceptors (Lipinski definition) is 4. The third kappa shape index (κ3) is 8.17. The number of hydrogen-bond donors (Lipinski definition) is 4. The zero-order chi connectivity index (χ0) is 41.9. The van der Waals surface area contributed by atoms with Crippen molar-refractivity contribution < 1.29 is 20.4 Å². The molecule has 0 aromatic heterocycles. The van der Waals surface area contributed by atoms with Gasteiger partial charge < -0.3 is 20.4 Å². The van der Waals surface area contributed by atoms with Crippen molar-refractivity contribution in [1.29, 1.82) is 0 Å². The van der Waals surface area contributed by atoms with Crippen molar-refractivity contribution in [2.24, 2.45) is 92.7 Å². The monoisotopic (exact) mass is 805 g/mol. The van der Waals surface area contributed by atoms with Crippen LogP contribution in [-0.4, -0.2) is 44.8 Å². The van der Waals surface area contributed by atoms with Gasteiger partial charge in [-0.1, -0.05) is 92.5 Å². The van der Waals surface area contributed by atoms with E-state index in [0.717, 1.165) is 92.3 Å². The van der Waals surface area contributed by atoms with Crippen LogP contribution in [0.15, 0.2) is 23.3 Å². The minimum atomic E-state index is -0.137. The molecule has 0 bridgehead atoms. The molecule has 18 atom stereocenters. The van der Waals surface area contributed by atoms with E-state index in [0.29, 0.717) is 45.3 Å². The number of aliphatic hydroxyl groups is 4. The average Bonchev–Trinajstić information content (AvgIpc) is 3.73. The first-order valence-electron chi connectivity index (χ1n) is 25.4. The van der Waals surface area contributed by atoms with Crippen LogP contribution in [0.1, 0.15) is 198 Å². The summed E-state index contributed by atoms with van der Waals surface area (Å²) < 4.78 is 0. The fourth-order valence-electron chi connectivity index (χ4n) is 17.2. The van der Waals surface area contributed by atoms with E-state index in [1.807, 2.05) is 0 Å². The van der Waals surface area contributed by atoms with Crippen LogP contribution in [0, 0.1) is 92.7 Å². The van der Waals surface area contributed by atoms with Gasteiger partial charge in [-0.2, -0.15) is 0 Å². The van der Waals surface area contributed by atoms with E-state index in [9.17, 15) is 20.4 Å². The van der Waals surface area contributed by atoms with Gasteiger partial charge in [-0.15, -0.1) is 0 Å². The lowest BCUT2D eigenvalue weighted by Gasteiger charge is -2.58. The van der Waals surface area contributed by atoms with Crippen LogP contribution in [-0.2, 0) is 0 Å². The molecule has 4 N–H and O–H groups in total. The lowest BCUT2D eigenvalue weighted by Crippen LogP contribution is -2.51. The zero-order valence-corrected chi connectivity index (χ0v) is 39.3. The highest BCUT2D eigenvalue weighted by atomic mass is 16.3. The van der Waals surface area contributed by atoms with Crippen molar-refractivity contribution in [2.45, 2.75) is 222 Å². The summed E-state index contributed by atoms with van der Waals surface area (Å²) in [7, 11) is 0. The first-order valence-corrected chi connectivity index (χ1v) is 25.4. The number of rotatable bonds is 10. The summed E-state index contributed by atoms with van der Waals surface area (Å²) in [6, 6.07) is 0. The molecule has 332 valence electrons. The van der Waals surface area contributed by atoms with Crippen molar-refractivity contribution in [2.75, 3.05) is 0 Å². The van der Waals surface area contributed by atoms with Gasteiger partial charge in [-0.3, -0.25) is 0 Å². The molecule has 4 nitrogen and oxygen atoms in total. The Morgan fingerprint density at radius 1 is 0.534 bits per heavy atom. The first-order chi connectivity index (χ1) is 27.3. The summed E-state index contributed by atoms with van der Waals surface area (Å²) in [5.41, 5.74) is 4.77. The molecule has 0 spiro atoms. The second-order valence-electron chi connectivity index (χ2n) is 24.5. The number of aliphatic hydroxyl groups excluding tert-OH is 4. The topological polar surface area (TPSA) is 80.9 Å². The summed E-state index contributed by atoms with van der Waals surface area (Å²) in [6.45, 7) is 23.9. The van der Waals surface area contributed by atoms with Crippen LogP contribution < -0.4 is 0 Å². The molecule has 6 fully saturated rings. The molecule has 8 aliphatic rings. The van der Waals surface area contributed by atoms with Gasteiger partial charge in [0.15, 0.2) is 0 Å². The van der Waals surface area contributed by atoms with Gasteiger partial charge in [0.1, 0.15) is 0 Å². The molecule has 2 unspecified atom stereocenters. The fourth-order valence-corrected chi connectivity index (χ4v) is 17.2. The highest BCUT2D eigenvalue weighted by Gasteiger charge is 2.61. The van der Waals surface area contributed by atoms with Crippen molar-refractivity contribution in [1.82, 2.24) is 0 Å². The maximum atomic E-state index is 11.0. The maximum Gasteiger partial charge on any atom is 0.0577 e. The van der Waals surface area contributed by atoms with Crippen molar-refractivity contribution in [3.8, 4) is 0 Å². The Balaban J connectivity index is 0.000000177. The smallest absolute Gasteiger partial charge is 0.0577 e. The maximum absolute atomic E-state index is 11.0. The number of allylic oxidation sites excluding steroid dienone is 2. The van der Waals surface area contributed by atoms with E-state index in [4.69, 9.17) is 0 Å². The highest BCUT2D eigenvalue weighted by Crippen LogP contribution is 2.69. The first kappa shape index (κ1) is 45.3. The lowest BCUT2D eigenvalue weighted by atomic mass is 9.47. The quantitative estimate of drug-likeness (QED) is 0.166. The molecule has 8 rings (SSSR count). The van der Waals surface area contributed by atoms with Crippen molar-refractivity contribution >= 4 is 0 Å². The molecule has 4 heteroatoms. The molecule has 0 aliphatic heterocycles. The fraction of sp³-hybridized carbons (Fsp3) is 0.926. The van der Waals surface area contributed by atoms with E-state index < -0.39 is 0 Å². The van der Waals surface area contributed by atoms with Crippen LogP contribution in [0.4, 0.5) is 0 Å². The van der Waals surface area contributed by atoms with Crippen molar-refractivity contribution in [3.05, 3.63) is 23.3 Å². The van der Waals surface area contributed by atoms with Gasteiger partial charge in [0.2, 0.25) is 0 Å². The second-order valence-corrected chi connectivity index (χ2v) is 24.5. The molecule has 8 aliphatic carbocycles. The third-order valence-electron chi connectivity index (χ3n) is 21.0. The Morgan fingerprint density at radius 3 is 1.48 bits per heavy atom. The molecule has 0 saturated heterocycles. The molecule has 0 aromatic carbocycles. The molecular weight excluding hydrogens is 713 g/mol. The summed E-state index contributed by atoms with van der Waals surface area (Å²) in [5.74, 6) is 8.76. The SMILES string of the molecule is CC(C)CC[C@@H](O)[C@@H](C)[C@H]1CC[C@H]2C3CC=C4C[C@@H](O)CC[C@]4(C)[C@H]3CC[C@]12C.CC(C)[C@@H](O)CC[C@@H](C)[C@H]1CC[C@H]2C3CC=C4C[C@@H](O)CC[C@]4(C)[C@H]3CC[C@]12C. The van der Waals surface area contributed by atoms with E-state index in [1.165, 1.54) is 83.5 Å². The van der Waals surface area contributed by atoms with Crippen LogP contribution in [0.5, 0.6) is 0 Å².